The number of sulfone groups is 1. The van der Waals surface area contributed by atoms with Crippen molar-refractivity contribution in [3.63, 3.8) is 0 Å². The summed E-state index contributed by atoms with van der Waals surface area (Å²) < 4.78 is 51.9. The van der Waals surface area contributed by atoms with Crippen LogP contribution in [-0.4, -0.2) is 53.2 Å². The summed E-state index contributed by atoms with van der Waals surface area (Å²) in [4.78, 5) is 22.9. The Hall–Kier alpha value is -4.35. The molecule has 4 aromatic rings. The highest BCUT2D eigenvalue weighted by Crippen LogP contribution is 2.34. The van der Waals surface area contributed by atoms with Crippen LogP contribution in [0, 0.1) is 18.3 Å². The monoisotopic (exact) mass is 512 g/mol. The molecule has 0 aliphatic carbocycles. The van der Waals surface area contributed by atoms with Gasteiger partial charge in [0.15, 0.2) is 5.65 Å². The van der Waals surface area contributed by atoms with Crippen molar-refractivity contribution in [2.45, 2.75) is 17.0 Å². The maximum Gasteiger partial charge on any atom is 0.409 e. The van der Waals surface area contributed by atoms with Crippen LogP contribution in [0.3, 0.4) is 0 Å². The Balaban J connectivity index is 2.08. The molecule has 35 heavy (non-hydrogen) atoms. The molecule has 0 saturated heterocycles. The number of nitriles is 1. The number of benzene rings is 1. The molecule has 4 rings (SSSR count). The zero-order chi connectivity index (χ0) is 25.5. The van der Waals surface area contributed by atoms with Gasteiger partial charge in [-0.15, -0.1) is 0 Å². The summed E-state index contributed by atoms with van der Waals surface area (Å²) in [5, 5.41) is 20.3. The number of fused-ring (bicyclic) bond motifs is 1. The Bertz CT molecular complexity index is 1750. The predicted molar refractivity (Wildman–Crippen MR) is 124 cm³/mol. The molecule has 0 aliphatic rings. The van der Waals surface area contributed by atoms with E-state index in [-0.39, 0.29) is 38.4 Å². The minimum absolute atomic E-state index is 0.0210. The maximum atomic E-state index is 13.5. The third kappa shape index (κ3) is 4.42. The van der Waals surface area contributed by atoms with Gasteiger partial charge >= 0.3 is 6.09 Å². The molecule has 0 fully saturated rings. The van der Waals surface area contributed by atoms with Crippen LogP contribution in [0.25, 0.3) is 22.3 Å². The standard InChI is InChI=1S/C21H16N6O6S2/c1-12-3-5-15(6-4-12)35(32,33)27-11-17(16-7-14(25-21(28)29)10-23-19(16)27)18-13(8-22)9-24-20(26-18)34(2,30)31/h3-7,9-11,25H,1-2H3,(H,28,29). The first-order valence-corrected chi connectivity index (χ1v) is 13.1. The lowest BCUT2D eigenvalue weighted by molar-refractivity contribution is 0.209. The lowest BCUT2D eigenvalue weighted by Crippen LogP contribution is -2.13. The van der Waals surface area contributed by atoms with E-state index in [2.05, 4.69) is 20.3 Å². The van der Waals surface area contributed by atoms with Crippen LogP contribution in [0.1, 0.15) is 11.1 Å². The molecule has 0 bridgehead atoms. The van der Waals surface area contributed by atoms with E-state index in [0.717, 1.165) is 34.4 Å². The fourth-order valence-electron chi connectivity index (χ4n) is 3.30. The topological polar surface area (TPSA) is 185 Å². The van der Waals surface area contributed by atoms with Gasteiger partial charge in [0.05, 0.1) is 34.2 Å². The van der Waals surface area contributed by atoms with Crippen LogP contribution < -0.4 is 5.32 Å². The summed E-state index contributed by atoms with van der Waals surface area (Å²) in [5.41, 5.74) is 0.548. The molecule has 0 saturated carbocycles. The highest BCUT2D eigenvalue weighted by molar-refractivity contribution is 7.90. The van der Waals surface area contributed by atoms with Crippen molar-refractivity contribution in [1.29, 1.82) is 5.26 Å². The van der Waals surface area contributed by atoms with Crippen LogP contribution in [0.5, 0.6) is 0 Å². The molecule has 2 N–H and O–H groups in total. The second-order valence-corrected chi connectivity index (χ2v) is 11.2. The average molecular weight is 513 g/mol. The zero-order valence-corrected chi connectivity index (χ0v) is 19.8. The van der Waals surface area contributed by atoms with E-state index in [9.17, 15) is 26.9 Å². The summed E-state index contributed by atoms with van der Waals surface area (Å²) >= 11 is 0. The molecule has 1 amide bonds. The minimum Gasteiger partial charge on any atom is -0.465 e. The Morgan fingerprint density at radius 3 is 2.40 bits per heavy atom. The van der Waals surface area contributed by atoms with Crippen molar-refractivity contribution in [2.75, 3.05) is 11.6 Å². The van der Waals surface area contributed by atoms with Crippen molar-refractivity contribution in [3.05, 3.63) is 60.0 Å². The third-order valence-corrected chi connectivity index (χ3v) is 7.44. The van der Waals surface area contributed by atoms with Gasteiger partial charge in [0.1, 0.15) is 6.07 Å². The molecule has 12 nitrogen and oxygen atoms in total. The number of carbonyl (C=O) groups is 1. The number of hydrogen-bond donors (Lipinski definition) is 2. The number of rotatable bonds is 5. The van der Waals surface area contributed by atoms with Gasteiger partial charge < -0.3 is 5.11 Å². The first-order chi connectivity index (χ1) is 16.4. The highest BCUT2D eigenvalue weighted by Gasteiger charge is 2.26. The molecular formula is C21H16N6O6S2. The lowest BCUT2D eigenvalue weighted by Gasteiger charge is -2.07. The van der Waals surface area contributed by atoms with Gasteiger partial charge in [-0.3, -0.25) is 5.32 Å². The van der Waals surface area contributed by atoms with Crippen molar-refractivity contribution in [1.82, 2.24) is 18.9 Å². The maximum absolute atomic E-state index is 13.5. The Morgan fingerprint density at radius 1 is 1.11 bits per heavy atom. The van der Waals surface area contributed by atoms with Crippen molar-refractivity contribution in [2.24, 2.45) is 0 Å². The van der Waals surface area contributed by atoms with E-state index < -0.39 is 31.1 Å². The van der Waals surface area contributed by atoms with Crippen LogP contribution in [-0.2, 0) is 19.9 Å². The van der Waals surface area contributed by atoms with Gasteiger partial charge in [-0.1, -0.05) is 17.7 Å². The summed E-state index contributed by atoms with van der Waals surface area (Å²) in [7, 11) is -8.06. The average Bonchev–Trinajstić information content (AvgIpc) is 3.17. The molecule has 0 radical (unpaired) electrons. The Morgan fingerprint density at radius 2 is 1.80 bits per heavy atom. The fraction of sp³-hybridized carbons (Fsp3) is 0.0952. The van der Waals surface area contributed by atoms with Gasteiger partial charge in [0, 0.05) is 23.4 Å². The SMILES string of the molecule is Cc1ccc(S(=O)(=O)n2cc(-c3nc(S(C)(=O)=O)ncc3C#N)c3cc(NC(=O)O)cnc32)cc1. The number of hydrogen-bond acceptors (Lipinski definition) is 9. The molecular weight excluding hydrogens is 496 g/mol. The number of anilines is 1. The number of aromatic nitrogens is 4. The van der Waals surface area contributed by atoms with E-state index in [1.165, 1.54) is 18.2 Å². The number of pyridine rings is 1. The van der Waals surface area contributed by atoms with Crippen molar-refractivity contribution in [3.8, 4) is 17.3 Å². The number of carboxylic acid groups (broad SMARTS) is 1. The molecule has 0 spiro atoms. The normalized spacial score (nSPS) is 11.8. The molecule has 178 valence electrons. The Kier molecular flexibility index (Phi) is 5.75. The molecule has 0 atom stereocenters. The van der Waals surface area contributed by atoms with Gasteiger partial charge in [-0.25, -0.2) is 40.6 Å². The summed E-state index contributed by atoms with van der Waals surface area (Å²) in [5.74, 6) is 0. The van der Waals surface area contributed by atoms with Gasteiger partial charge in [0.25, 0.3) is 10.0 Å². The molecule has 3 aromatic heterocycles. The van der Waals surface area contributed by atoms with E-state index in [1.54, 1.807) is 19.1 Å². The molecule has 0 aliphatic heterocycles. The molecule has 14 heteroatoms. The second kappa shape index (κ2) is 8.46. The van der Waals surface area contributed by atoms with Crippen molar-refractivity contribution >= 4 is 42.7 Å². The number of amides is 1. The molecule has 1 aromatic carbocycles. The largest absolute Gasteiger partial charge is 0.465 e. The van der Waals surface area contributed by atoms with Crippen molar-refractivity contribution < 1.29 is 26.7 Å². The minimum atomic E-state index is -4.19. The van der Waals surface area contributed by atoms with Gasteiger partial charge in [-0.2, -0.15) is 5.26 Å². The van der Waals surface area contributed by atoms with E-state index in [4.69, 9.17) is 5.11 Å². The summed E-state index contributed by atoms with van der Waals surface area (Å²) in [6, 6.07) is 9.26. The lowest BCUT2D eigenvalue weighted by atomic mass is 10.1. The first-order valence-electron chi connectivity index (χ1n) is 9.72. The predicted octanol–water partition coefficient (Wildman–Crippen LogP) is 2.40. The number of aryl methyl sites for hydroxylation is 1. The van der Waals surface area contributed by atoms with E-state index >= 15 is 0 Å². The van der Waals surface area contributed by atoms with Crippen LogP contribution in [0.4, 0.5) is 10.5 Å². The van der Waals surface area contributed by atoms with Crippen LogP contribution in [0.15, 0.2) is 59.0 Å². The summed E-state index contributed by atoms with van der Waals surface area (Å²) in [6.07, 6.45) is 2.82. The second-order valence-electron chi connectivity index (χ2n) is 7.48. The molecule has 0 unspecified atom stereocenters. The van der Waals surface area contributed by atoms with Gasteiger partial charge in [-0.05, 0) is 25.1 Å². The van der Waals surface area contributed by atoms with Gasteiger partial charge in [0.2, 0.25) is 15.0 Å². The van der Waals surface area contributed by atoms with E-state index in [1.807, 2.05) is 6.07 Å². The fourth-order valence-corrected chi connectivity index (χ4v) is 5.12. The quantitative estimate of drug-likeness (QED) is 0.376. The van der Waals surface area contributed by atoms with E-state index in [0.29, 0.717) is 0 Å². The number of nitrogens with one attached hydrogen (secondary N) is 1. The van der Waals surface area contributed by atoms with Crippen LogP contribution in [0.2, 0.25) is 0 Å². The summed E-state index contributed by atoms with van der Waals surface area (Å²) in [6.45, 7) is 1.80. The smallest absolute Gasteiger partial charge is 0.409 e. The number of nitrogens with zero attached hydrogens (tertiary/aromatic N) is 5. The van der Waals surface area contributed by atoms with Crippen LogP contribution >= 0.6 is 0 Å². The Labute approximate surface area is 199 Å². The first kappa shape index (κ1) is 23.8. The zero-order valence-electron chi connectivity index (χ0n) is 18.2. The third-order valence-electron chi connectivity index (χ3n) is 4.91. The molecule has 3 heterocycles. The highest BCUT2D eigenvalue weighted by atomic mass is 32.2.